The van der Waals surface area contributed by atoms with E-state index in [9.17, 15) is 9.18 Å². The van der Waals surface area contributed by atoms with Crippen molar-refractivity contribution in [2.45, 2.75) is 59.1 Å². The number of benzene rings is 1. The average Bonchev–Trinajstić information content (AvgIpc) is 2.73. The average molecular weight is 307 g/mol. The summed E-state index contributed by atoms with van der Waals surface area (Å²) in [5.41, 5.74) is 1.08. The largest absolute Gasteiger partial charge is 0.444 e. The normalized spacial score (nSPS) is 22.0. The van der Waals surface area contributed by atoms with Crippen molar-refractivity contribution in [1.29, 1.82) is 0 Å². The molecule has 0 bridgehead atoms. The van der Waals surface area contributed by atoms with Crippen LogP contribution in [0.25, 0.3) is 0 Å². The van der Waals surface area contributed by atoms with Gasteiger partial charge in [-0.15, -0.1) is 0 Å². The smallest absolute Gasteiger partial charge is 0.410 e. The van der Waals surface area contributed by atoms with Gasteiger partial charge in [-0.3, -0.25) is 0 Å². The van der Waals surface area contributed by atoms with E-state index in [0.717, 1.165) is 12.0 Å². The van der Waals surface area contributed by atoms with Crippen LogP contribution in [-0.4, -0.2) is 29.2 Å². The van der Waals surface area contributed by atoms with Crippen molar-refractivity contribution in [3.63, 3.8) is 0 Å². The first kappa shape index (κ1) is 16.8. The van der Waals surface area contributed by atoms with Gasteiger partial charge in [-0.25, -0.2) is 9.18 Å². The van der Waals surface area contributed by atoms with E-state index in [2.05, 4.69) is 6.92 Å². The van der Waals surface area contributed by atoms with Gasteiger partial charge in [0, 0.05) is 12.6 Å². The molecule has 1 aromatic carbocycles. The molecule has 1 amide bonds. The lowest BCUT2D eigenvalue weighted by atomic mass is 10.00. The van der Waals surface area contributed by atoms with Gasteiger partial charge in [0.05, 0.1) is 0 Å². The SMILES string of the molecule is Cc1ccc(C[C@@H]2C[C@@H](C)CN2C(=O)OC(C)(C)C)cc1F. The maximum Gasteiger partial charge on any atom is 0.410 e. The molecule has 2 atom stereocenters. The Morgan fingerprint density at radius 1 is 1.41 bits per heavy atom. The summed E-state index contributed by atoms with van der Waals surface area (Å²) in [5.74, 6) is 0.250. The number of rotatable bonds is 2. The second-order valence-corrected chi connectivity index (χ2v) is 7.42. The van der Waals surface area contributed by atoms with Gasteiger partial charge in [-0.05, 0) is 63.6 Å². The van der Waals surface area contributed by atoms with E-state index in [0.29, 0.717) is 24.4 Å². The van der Waals surface area contributed by atoms with Crippen LogP contribution in [0.4, 0.5) is 9.18 Å². The summed E-state index contributed by atoms with van der Waals surface area (Å²) < 4.78 is 19.2. The molecule has 1 aromatic rings. The summed E-state index contributed by atoms with van der Waals surface area (Å²) in [6.45, 7) is 10.2. The monoisotopic (exact) mass is 307 g/mol. The first-order valence-electron chi connectivity index (χ1n) is 7.90. The van der Waals surface area contributed by atoms with E-state index >= 15 is 0 Å². The Morgan fingerprint density at radius 2 is 2.09 bits per heavy atom. The van der Waals surface area contributed by atoms with Crippen molar-refractivity contribution < 1.29 is 13.9 Å². The standard InChI is InChI=1S/C18H26FNO2/c1-12-8-15(9-14-7-6-13(2)16(19)10-14)20(11-12)17(21)22-18(3,4)5/h6-7,10,12,15H,8-9,11H2,1-5H3/t12-,15+/m1/s1. The third-order valence-electron chi connectivity index (χ3n) is 3.96. The molecule has 0 unspecified atom stereocenters. The van der Waals surface area contributed by atoms with Crippen LogP contribution in [-0.2, 0) is 11.2 Å². The Balaban J connectivity index is 2.10. The van der Waals surface area contributed by atoms with Crippen molar-refractivity contribution in [2.24, 2.45) is 5.92 Å². The highest BCUT2D eigenvalue weighted by atomic mass is 19.1. The predicted molar refractivity (Wildman–Crippen MR) is 85.4 cm³/mol. The lowest BCUT2D eigenvalue weighted by molar-refractivity contribution is 0.0222. The Hall–Kier alpha value is -1.58. The Morgan fingerprint density at radius 3 is 2.68 bits per heavy atom. The van der Waals surface area contributed by atoms with E-state index in [1.807, 2.05) is 26.8 Å². The molecule has 0 N–H and O–H groups in total. The summed E-state index contributed by atoms with van der Waals surface area (Å²) in [6, 6.07) is 5.38. The maximum absolute atomic E-state index is 13.7. The lowest BCUT2D eigenvalue weighted by Gasteiger charge is -2.28. The van der Waals surface area contributed by atoms with Crippen LogP contribution in [0.2, 0.25) is 0 Å². The van der Waals surface area contributed by atoms with Crippen molar-refractivity contribution in [2.75, 3.05) is 6.54 Å². The van der Waals surface area contributed by atoms with Crippen LogP contribution in [0.15, 0.2) is 18.2 Å². The van der Waals surface area contributed by atoms with Crippen LogP contribution in [0.5, 0.6) is 0 Å². The molecule has 3 nitrogen and oxygen atoms in total. The Kier molecular flexibility index (Phi) is 4.78. The Bertz CT molecular complexity index is 551. The molecular formula is C18H26FNO2. The molecule has 0 aromatic heterocycles. The third-order valence-corrected chi connectivity index (χ3v) is 3.96. The molecule has 1 saturated heterocycles. The quantitative estimate of drug-likeness (QED) is 0.814. The van der Waals surface area contributed by atoms with Gasteiger partial charge in [0.2, 0.25) is 0 Å². The third kappa shape index (κ3) is 4.21. The van der Waals surface area contributed by atoms with Crippen molar-refractivity contribution >= 4 is 6.09 Å². The van der Waals surface area contributed by atoms with E-state index < -0.39 is 5.60 Å². The molecule has 1 aliphatic heterocycles. The van der Waals surface area contributed by atoms with Crippen molar-refractivity contribution in [3.8, 4) is 0 Å². The molecule has 122 valence electrons. The van der Waals surface area contributed by atoms with Crippen molar-refractivity contribution in [1.82, 2.24) is 4.90 Å². The Labute approximate surface area is 132 Å². The first-order valence-corrected chi connectivity index (χ1v) is 7.90. The van der Waals surface area contributed by atoms with Crippen LogP contribution >= 0.6 is 0 Å². The molecule has 0 aliphatic carbocycles. The zero-order chi connectivity index (χ0) is 16.5. The van der Waals surface area contributed by atoms with Gasteiger partial charge in [-0.2, -0.15) is 0 Å². The number of hydrogen-bond donors (Lipinski definition) is 0. The molecule has 1 aliphatic rings. The maximum atomic E-state index is 13.7. The second kappa shape index (κ2) is 6.27. The molecular weight excluding hydrogens is 281 g/mol. The lowest BCUT2D eigenvalue weighted by Crippen LogP contribution is -2.40. The molecule has 0 saturated carbocycles. The molecule has 22 heavy (non-hydrogen) atoms. The molecule has 1 heterocycles. The predicted octanol–water partition coefficient (Wildman–Crippen LogP) is 4.32. The van der Waals surface area contributed by atoms with E-state index in [1.54, 1.807) is 24.0 Å². The minimum absolute atomic E-state index is 0.0759. The van der Waals surface area contributed by atoms with Crippen LogP contribution in [0, 0.1) is 18.7 Å². The van der Waals surface area contributed by atoms with E-state index in [1.165, 1.54) is 0 Å². The first-order chi connectivity index (χ1) is 10.2. The summed E-state index contributed by atoms with van der Waals surface area (Å²) in [6.07, 6.45) is 1.32. The van der Waals surface area contributed by atoms with Crippen LogP contribution in [0.1, 0.15) is 45.2 Å². The molecule has 1 fully saturated rings. The number of likely N-dealkylation sites (tertiary alicyclic amines) is 1. The minimum atomic E-state index is -0.497. The number of carbonyl (C=O) groups excluding carboxylic acids is 1. The topological polar surface area (TPSA) is 29.5 Å². The number of ether oxygens (including phenoxy) is 1. The van der Waals surface area contributed by atoms with Gasteiger partial charge in [0.1, 0.15) is 11.4 Å². The van der Waals surface area contributed by atoms with Crippen LogP contribution < -0.4 is 0 Å². The van der Waals surface area contributed by atoms with Gasteiger partial charge >= 0.3 is 6.09 Å². The van der Waals surface area contributed by atoms with E-state index in [-0.39, 0.29) is 18.0 Å². The number of carbonyl (C=O) groups is 1. The summed E-state index contributed by atoms with van der Waals surface area (Å²) in [5, 5.41) is 0. The summed E-state index contributed by atoms with van der Waals surface area (Å²) in [7, 11) is 0. The van der Waals surface area contributed by atoms with Crippen molar-refractivity contribution in [3.05, 3.63) is 35.1 Å². The second-order valence-electron chi connectivity index (χ2n) is 7.42. The number of aryl methyl sites for hydroxylation is 1. The number of hydrogen-bond acceptors (Lipinski definition) is 2. The van der Waals surface area contributed by atoms with Gasteiger partial charge in [-0.1, -0.05) is 19.1 Å². The fraction of sp³-hybridized carbons (Fsp3) is 0.611. The zero-order valence-electron chi connectivity index (χ0n) is 14.1. The van der Waals surface area contributed by atoms with E-state index in [4.69, 9.17) is 4.74 Å². The van der Waals surface area contributed by atoms with Crippen LogP contribution in [0.3, 0.4) is 0 Å². The zero-order valence-corrected chi connectivity index (χ0v) is 14.1. The fourth-order valence-corrected chi connectivity index (χ4v) is 2.92. The highest BCUT2D eigenvalue weighted by molar-refractivity contribution is 5.69. The number of nitrogens with zero attached hydrogens (tertiary/aromatic N) is 1. The van der Waals surface area contributed by atoms with Gasteiger partial charge < -0.3 is 9.64 Å². The number of halogens is 1. The summed E-state index contributed by atoms with van der Waals surface area (Å²) in [4.78, 5) is 14.2. The summed E-state index contributed by atoms with van der Waals surface area (Å²) >= 11 is 0. The molecule has 2 rings (SSSR count). The highest BCUT2D eigenvalue weighted by Crippen LogP contribution is 2.28. The number of amides is 1. The molecule has 4 heteroatoms. The van der Waals surface area contributed by atoms with Gasteiger partial charge in [0.15, 0.2) is 0 Å². The molecule has 0 spiro atoms. The fourth-order valence-electron chi connectivity index (χ4n) is 2.92. The highest BCUT2D eigenvalue weighted by Gasteiger charge is 2.35. The van der Waals surface area contributed by atoms with Gasteiger partial charge in [0.25, 0.3) is 0 Å². The minimum Gasteiger partial charge on any atom is -0.444 e. The molecule has 0 radical (unpaired) electrons.